The Balaban J connectivity index is 1.41. The molecule has 1 aromatic heterocycles. The zero-order valence-electron chi connectivity index (χ0n) is 14.0. The summed E-state index contributed by atoms with van der Waals surface area (Å²) in [6.07, 6.45) is 0. The fourth-order valence-corrected chi connectivity index (χ4v) is 3.34. The van der Waals surface area contributed by atoms with E-state index in [-0.39, 0.29) is 5.91 Å². The van der Waals surface area contributed by atoms with E-state index in [1.807, 2.05) is 41.3 Å². The summed E-state index contributed by atoms with van der Waals surface area (Å²) in [6, 6.07) is 15.1. The average molecular weight is 369 g/mol. The fourth-order valence-electron chi connectivity index (χ4n) is 3.09. The van der Waals surface area contributed by atoms with Gasteiger partial charge in [-0.05, 0) is 29.5 Å². The van der Waals surface area contributed by atoms with E-state index in [0.29, 0.717) is 24.5 Å². The van der Waals surface area contributed by atoms with Crippen LogP contribution in [0.15, 0.2) is 48.5 Å². The van der Waals surface area contributed by atoms with Crippen LogP contribution in [-0.4, -0.2) is 57.6 Å². The summed E-state index contributed by atoms with van der Waals surface area (Å²) in [5.74, 6) is 0.542. The molecule has 0 bridgehead atoms. The fraction of sp³-hybridized carbons (Fsp3) is 0.222. The second-order valence-electron chi connectivity index (χ2n) is 6.04. The molecule has 4 rings (SSSR count). The van der Waals surface area contributed by atoms with E-state index in [4.69, 9.17) is 11.6 Å². The molecule has 0 saturated carbocycles. The molecular formula is C18H17ClN6O. The molecule has 1 amide bonds. The largest absolute Gasteiger partial charge is 0.367 e. The first kappa shape index (κ1) is 16.5. The third-order valence-corrected chi connectivity index (χ3v) is 4.82. The number of aromatic nitrogens is 4. The number of aromatic amines is 1. The molecule has 132 valence electrons. The standard InChI is InChI=1S/C18H17ClN6O/c19-15-3-1-2-4-16(15)24-9-11-25(12-10-24)18(26)14-7-5-13(6-8-14)17-20-22-23-21-17/h1-8H,9-12H2,(H,20,21,22,23). The number of carbonyl (C=O) groups excluding carboxylic acids is 1. The Hall–Kier alpha value is -2.93. The number of rotatable bonds is 3. The number of halogens is 1. The third kappa shape index (κ3) is 3.25. The van der Waals surface area contributed by atoms with Crippen molar-refractivity contribution in [3.05, 3.63) is 59.1 Å². The minimum absolute atomic E-state index is 0.0310. The molecular weight excluding hydrogens is 352 g/mol. The van der Waals surface area contributed by atoms with Crippen LogP contribution in [0, 0.1) is 0 Å². The summed E-state index contributed by atoms with van der Waals surface area (Å²) in [6.45, 7) is 2.85. The Morgan fingerprint density at radius 3 is 2.38 bits per heavy atom. The molecule has 1 aliphatic rings. The second-order valence-corrected chi connectivity index (χ2v) is 6.45. The number of H-pyrrole nitrogens is 1. The van der Waals surface area contributed by atoms with Crippen molar-refractivity contribution in [3.63, 3.8) is 0 Å². The van der Waals surface area contributed by atoms with Crippen LogP contribution in [0.5, 0.6) is 0 Å². The first-order chi connectivity index (χ1) is 12.7. The van der Waals surface area contributed by atoms with E-state index in [0.717, 1.165) is 29.4 Å². The molecule has 3 aromatic rings. The maximum Gasteiger partial charge on any atom is 0.253 e. The van der Waals surface area contributed by atoms with Crippen molar-refractivity contribution in [2.75, 3.05) is 31.1 Å². The van der Waals surface area contributed by atoms with Gasteiger partial charge < -0.3 is 9.80 Å². The maximum absolute atomic E-state index is 12.7. The molecule has 0 radical (unpaired) electrons. The average Bonchev–Trinajstić information content (AvgIpc) is 3.23. The van der Waals surface area contributed by atoms with Gasteiger partial charge in [0.15, 0.2) is 0 Å². The molecule has 0 unspecified atom stereocenters. The van der Waals surface area contributed by atoms with Crippen molar-refractivity contribution in [3.8, 4) is 11.4 Å². The minimum Gasteiger partial charge on any atom is -0.367 e. The predicted octanol–water partition coefficient (Wildman–Crippen LogP) is 2.48. The van der Waals surface area contributed by atoms with Crippen molar-refractivity contribution in [1.29, 1.82) is 0 Å². The molecule has 1 fully saturated rings. The minimum atomic E-state index is 0.0310. The molecule has 0 aliphatic carbocycles. The van der Waals surface area contributed by atoms with Gasteiger partial charge in [0.25, 0.3) is 5.91 Å². The SMILES string of the molecule is O=C(c1ccc(-c2nn[nH]n2)cc1)N1CCN(c2ccccc2Cl)CC1. The lowest BCUT2D eigenvalue weighted by Crippen LogP contribution is -2.48. The number of benzene rings is 2. The highest BCUT2D eigenvalue weighted by Gasteiger charge is 2.23. The van der Waals surface area contributed by atoms with Gasteiger partial charge in [0.05, 0.1) is 10.7 Å². The Morgan fingerprint density at radius 2 is 1.73 bits per heavy atom. The van der Waals surface area contributed by atoms with Crippen LogP contribution in [-0.2, 0) is 0 Å². The van der Waals surface area contributed by atoms with E-state index in [1.54, 1.807) is 12.1 Å². The van der Waals surface area contributed by atoms with Crippen LogP contribution in [0.3, 0.4) is 0 Å². The van der Waals surface area contributed by atoms with E-state index in [2.05, 4.69) is 25.5 Å². The number of nitrogens with one attached hydrogen (secondary N) is 1. The molecule has 0 atom stereocenters. The lowest BCUT2D eigenvalue weighted by molar-refractivity contribution is 0.0747. The third-order valence-electron chi connectivity index (χ3n) is 4.50. The molecule has 8 heteroatoms. The summed E-state index contributed by atoms with van der Waals surface area (Å²) >= 11 is 6.27. The molecule has 2 heterocycles. The van der Waals surface area contributed by atoms with Crippen molar-refractivity contribution in [2.24, 2.45) is 0 Å². The highest BCUT2D eigenvalue weighted by molar-refractivity contribution is 6.33. The van der Waals surface area contributed by atoms with Crippen LogP contribution in [0.1, 0.15) is 10.4 Å². The molecule has 2 aromatic carbocycles. The number of anilines is 1. The van der Waals surface area contributed by atoms with Gasteiger partial charge in [0.2, 0.25) is 5.82 Å². The van der Waals surface area contributed by atoms with E-state index >= 15 is 0 Å². The Kier molecular flexibility index (Phi) is 4.53. The quantitative estimate of drug-likeness (QED) is 0.768. The lowest BCUT2D eigenvalue weighted by Gasteiger charge is -2.36. The van der Waals surface area contributed by atoms with Gasteiger partial charge in [0, 0.05) is 37.3 Å². The Bertz CT molecular complexity index is 888. The summed E-state index contributed by atoms with van der Waals surface area (Å²) in [5.41, 5.74) is 2.49. The summed E-state index contributed by atoms with van der Waals surface area (Å²) in [4.78, 5) is 16.8. The molecule has 1 aliphatic heterocycles. The number of hydrogen-bond acceptors (Lipinski definition) is 5. The van der Waals surface area contributed by atoms with Crippen molar-refractivity contribution >= 4 is 23.2 Å². The van der Waals surface area contributed by atoms with Crippen LogP contribution < -0.4 is 4.90 Å². The van der Waals surface area contributed by atoms with Crippen molar-refractivity contribution in [1.82, 2.24) is 25.5 Å². The zero-order chi connectivity index (χ0) is 17.9. The van der Waals surface area contributed by atoms with Crippen LogP contribution >= 0.6 is 11.6 Å². The Morgan fingerprint density at radius 1 is 1.00 bits per heavy atom. The van der Waals surface area contributed by atoms with Crippen LogP contribution in [0.4, 0.5) is 5.69 Å². The molecule has 1 N–H and O–H groups in total. The molecule has 7 nitrogen and oxygen atoms in total. The smallest absolute Gasteiger partial charge is 0.253 e. The summed E-state index contributed by atoms with van der Waals surface area (Å²) in [7, 11) is 0. The number of tetrazole rings is 1. The van der Waals surface area contributed by atoms with Gasteiger partial charge in [-0.2, -0.15) is 5.21 Å². The topological polar surface area (TPSA) is 78.0 Å². The number of hydrogen-bond donors (Lipinski definition) is 1. The molecule has 0 spiro atoms. The number of piperazine rings is 1. The van der Waals surface area contributed by atoms with Gasteiger partial charge in [-0.1, -0.05) is 35.9 Å². The Labute approximate surface area is 155 Å². The van der Waals surface area contributed by atoms with Crippen molar-refractivity contribution in [2.45, 2.75) is 0 Å². The lowest BCUT2D eigenvalue weighted by atomic mass is 10.1. The first-order valence-corrected chi connectivity index (χ1v) is 8.73. The predicted molar refractivity (Wildman–Crippen MR) is 99.2 cm³/mol. The normalized spacial score (nSPS) is 14.5. The maximum atomic E-state index is 12.7. The van der Waals surface area contributed by atoms with E-state index in [1.165, 1.54) is 0 Å². The molecule has 1 saturated heterocycles. The summed E-state index contributed by atoms with van der Waals surface area (Å²) < 4.78 is 0. The van der Waals surface area contributed by atoms with Crippen LogP contribution in [0.25, 0.3) is 11.4 Å². The van der Waals surface area contributed by atoms with Gasteiger partial charge in [-0.25, -0.2) is 0 Å². The molecule has 26 heavy (non-hydrogen) atoms. The van der Waals surface area contributed by atoms with Crippen molar-refractivity contribution < 1.29 is 4.79 Å². The monoisotopic (exact) mass is 368 g/mol. The van der Waals surface area contributed by atoms with E-state index < -0.39 is 0 Å². The van der Waals surface area contributed by atoms with Gasteiger partial charge in [-0.15, -0.1) is 10.2 Å². The van der Waals surface area contributed by atoms with Gasteiger partial charge >= 0.3 is 0 Å². The second kappa shape index (κ2) is 7.13. The summed E-state index contributed by atoms with van der Waals surface area (Å²) in [5, 5.41) is 14.6. The number of para-hydroxylation sites is 1. The van der Waals surface area contributed by atoms with Crippen LogP contribution in [0.2, 0.25) is 5.02 Å². The zero-order valence-corrected chi connectivity index (χ0v) is 14.7. The first-order valence-electron chi connectivity index (χ1n) is 8.35. The van der Waals surface area contributed by atoms with Gasteiger partial charge in [-0.3, -0.25) is 4.79 Å². The van der Waals surface area contributed by atoms with E-state index in [9.17, 15) is 4.79 Å². The highest BCUT2D eigenvalue weighted by Crippen LogP contribution is 2.26. The number of carbonyl (C=O) groups is 1. The number of amides is 1. The number of nitrogens with zero attached hydrogens (tertiary/aromatic N) is 5. The van der Waals surface area contributed by atoms with Gasteiger partial charge in [0.1, 0.15) is 0 Å². The highest BCUT2D eigenvalue weighted by atomic mass is 35.5.